The zero-order valence-electron chi connectivity index (χ0n) is 11.7. The van der Waals surface area contributed by atoms with Crippen LogP contribution in [-0.4, -0.2) is 24.8 Å². The number of hydroxylamine groups is 1. The summed E-state index contributed by atoms with van der Waals surface area (Å²) in [5.41, 5.74) is 3.71. The monoisotopic (exact) mass is 287 g/mol. The number of ether oxygens (including phenoxy) is 2. The molecule has 1 amide bonds. The first-order valence-corrected chi connectivity index (χ1v) is 6.53. The molecule has 0 fully saturated rings. The van der Waals surface area contributed by atoms with Crippen molar-refractivity contribution < 1.29 is 19.5 Å². The SMILES string of the molecule is COc1ccc(-c2ccc(OCCC(=O)NO)cc2)cc1. The van der Waals surface area contributed by atoms with Crippen molar-refractivity contribution in [1.82, 2.24) is 5.48 Å². The van der Waals surface area contributed by atoms with Crippen molar-refractivity contribution in [3.05, 3.63) is 48.5 Å². The number of hydrogen-bond donors (Lipinski definition) is 2. The summed E-state index contributed by atoms with van der Waals surface area (Å²) in [6.45, 7) is 0.217. The molecule has 0 aliphatic carbocycles. The summed E-state index contributed by atoms with van der Waals surface area (Å²) >= 11 is 0. The maximum Gasteiger partial charge on any atom is 0.246 e. The molecule has 0 atom stereocenters. The topological polar surface area (TPSA) is 67.8 Å². The summed E-state index contributed by atoms with van der Waals surface area (Å²) in [5.74, 6) is 1.03. The van der Waals surface area contributed by atoms with Crippen molar-refractivity contribution in [2.45, 2.75) is 6.42 Å². The van der Waals surface area contributed by atoms with Crippen molar-refractivity contribution in [2.24, 2.45) is 0 Å². The Labute approximate surface area is 123 Å². The zero-order valence-corrected chi connectivity index (χ0v) is 11.7. The third-order valence-electron chi connectivity index (χ3n) is 3.00. The van der Waals surface area contributed by atoms with Crippen LogP contribution in [0.3, 0.4) is 0 Å². The number of amides is 1. The number of hydrogen-bond acceptors (Lipinski definition) is 4. The van der Waals surface area contributed by atoms with Gasteiger partial charge in [0.05, 0.1) is 20.1 Å². The Hall–Kier alpha value is -2.53. The number of nitrogens with one attached hydrogen (secondary N) is 1. The van der Waals surface area contributed by atoms with Crippen molar-refractivity contribution in [2.75, 3.05) is 13.7 Å². The Kier molecular flexibility index (Phi) is 5.17. The Balaban J connectivity index is 1.96. The first-order valence-electron chi connectivity index (χ1n) is 6.53. The van der Waals surface area contributed by atoms with Crippen LogP contribution in [0, 0.1) is 0 Å². The molecule has 2 rings (SSSR count). The number of rotatable bonds is 6. The lowest BCUT2D eigenvalue weighted by Gasteiger charge is -2.07. The average molecular weight is 287 g/mol. The van der Waals surface area contributed by atoms with E-state index < -0.39 is 5.91 Å². The van der Waals surface area contributed by atoms with Crippen molar-refractivity contribution in [1.29, 1.82) is 0 Å². The number of methoxy groups -OCH3 is 1. The molecule has 0 radical (unpaired) electrons. The van der Waals surface area contributed by atoms with E-state index in [9.17, 15) is 4.79 Å². The summed E-state index contributed by atoms with van der Waals surface area (Å²) in [6, 6.07) is 15.4. The molecule has 110 valence electrons. The van der Waals surface area contributed by atoms with Crippen molar-refractivity contribution in [3.8, 4) is 22.6 Å². The Morgan fingerprint density at radius 2 is 1.52 bits per heavy atom. The molecule has 0 aromatic heterocycles. The molecule has 0 unspecified atom stereocenters. The van der Waals surface area contributed by atoms with Gasteiger partial charge in [0.1, 0.15) is 11.5 Å². The van der Waals surface area contributed by atoms with Crippen LogP contribution in [0.25, 0.3) is 11.1 Å². The second kappa shape index (κ2) is 7.31. The molecule has 0 aliphatic rings. The van der Waals surface area contributed by atoms with Gasteiger partial charge in [0.25, 0.3) is 0 Å². The summed E-state index contributed by atoms with van der Waals surface area (Å²) in [6.07, 6.45) is 0.108. The highest BCUT2D eigenvalue weighted by atomic mass is 16.5. The van der Waals surface area contributed by atoms with E-state index in [0.29, 0.717) is 5.75 Å². The molecule has 0 saturated heterocycles. The van der Waals surface area contributed by atoms with Gasteiger partial charge in [-0.05, 0) is 35.4 Å². The largest absolute Gasteiger partial charge is 0.497 e. The molecule has 2 aromatic carbocycles. The molecule has 5 heteroatoms. The van der Waals surface area contributed by atoms with E-state index >= 15 is 0 Å². The van der Waals surface area contributed by atoms with Gasteiger partial charge < -0.3 is 9.47 Å². The van der Waals surface area contributed by atoms with E-state index in [2.05, 4.69) is 0 Å². The molecule has 0 saturated carbocycles. The molecule has 0 bridgehead atoms. The van der Waals surface area contributed by atoms with Gasteiger partial charge in [-0.15, -0.1) is 0 Å². The minimum atomic E-state index is -0.468. The lowest BCUT2D eigenvalue weighted by molar-refractivity contribution is -0.129. The van der Waals surface area contributed by atoms with Gasteiger partial charge in [0, 0.05) is 0 Å². The second-order valence-corrected chi connectivity index (χ2v) is 4.39. The van der Waals surface area contributed by atoms with Gasteiger partial charge in [-0.25, -0.2) is 5.48 Å². The van der Waals surface area contributed by atoms with Gasteiger partial charge in [-0.1, -0.05) is 24.3 Å². The molecular weight excluding hydrogens is 270 g/mol. The molecule has 21 heavy (non-hydrogen) atoms. The van der Waals surface area contributed by atoms with Crippen LogP contribution in [0.2, 0.25) is 0 Å². The summed E-state index contributed by atoms with van der Waals surface area (Å²) in [4.78, 5) is 10.8. The minimum absolute atomic E-state index is 0.108. The van der Waals surface area contributed by atoms with Gasteiger partial charge in [-0.2, -0.15) is 0 Å². The van der Waals surface area contributed by atoms with Gasteiger partial charge in [0.2, 0.25) is 5.91 Å². The highest BCUT2D eigenvalue weighted by Gasteiger charge is 2.02. The fourth-order valence-electron chi connectivity index (χ4n) is 1.84. The third kappa shape index (κ3) is 4.22. The van der Waals surface area contributed by atoms with Crippen LogP contribution >= 0.6 is 0 Å². The zero-order chi connectivity index (χ0) is 15.1. The Morgan fingerprint density at radius 3 is 2.00 bits per heavy atom. The fraction of sp³-hybridized carbons (Fsp3) is 0.188. The average Bonchev–Trinajstić information content (AvgIpc) is 2.55. The number of carbonyl (C=O) groups excluding carboxylic acids is 1. The summed E-state index contributed by atoms with van der Waals surface area (Å²) in [5, 5.41) is 8.37. The molecule has 0 aliphatic heterocycles. The molecule has 0 heterocycles. The highest BCUT2D eigenvalue weighted by molar-refractivity contribution is 5.74. The lowest BCUT2D eigenvalue weighted by Crippen LogP contribution is -2.20. The van der Waals surface area contributed by atoms with E-state index in [1.807, 2.05) is 48.5 Å². The van der Waals surface area contributed by atoms with E-state index in [0.717, 1.165) is 16.9 Å². The third-order valence-corrected chi connectivity index (χ3v) is 3.00. The molecule has 0 spiro atoms. The van der Waals surface area contributed by atoms with Crippen LogP contribution < -0.4 is 15.0 Å². The lowest BCUT2D eigenvalue weighted by atomic mass is 10.1. The molecular formula is C16H17NO4. The van der Waals surface area contributed by atoms with Gasteiger partial charge in [-0.3, -0.25) is 10.0 Å². The predicted octanol–water partition coefficient (Wildman–Crippen LogP) is 2.64. The standard InChI is InChI=1S/C16H17NO4/c1-20-14-6-2-12(3-7-14)13-4-8-15(9-5-13)21-11-10-16(18)17-19/h2-9,19H,10-11H2,1H3,(H,17,18). The van der Waals surface area contributed by atoms with Crippen molar-refractivity contribution in [3.63, 3.8) is 0 Å². The first kappa shape index (κ1) is 14.9. The minimum Gasteiger partial charge on any atom is -0.497 e. The van der Waals surface area contributed by atoms with Crippen LogP contribution in [0.1, 0.15) is 6.42 Å². The van der Waals surface area contributed by atoms with E-state index in [4.69, 9.17) is 14.7 Å². The van der Waals surface area contributed by atoms with Gasteiger partial charge in [0.15, 0.2) is 0 Å². The quantitative estimate of drug-likeness (QED) is 0.633. The smallest absolute Gasteiger partial charge is 0.246 e. The molecule has 5 nitrogen and oxygen atoms in total. The number of carbonyl (C=O) groups is 1. The van der Waals surface area contributed by atoms with Crippen LogP contribution in [0.4, 0.5) is 0 Å². The van der Waals surface area contributed by atoms with E-state index in [1.54, 1.807) is 12.6 Å². The summed E-state index contributed by atoms with van der Waals surface area (Å²) < 4.78 is 10.5. The van der Waals surface area contributed by atoms with E-state index in [-0.39, 0.29) is 13.0 Å². The maximum absolute atomic E-state index is 10.8. The fourth-order valence-corrected chi connectivity index (χ4v) is 1.84. The van der Waals surface area contributed by atoms with E-state index in [1.165, 1.54) is 0 Å². The van der Waals surface area contributed by atoms with Crippen molar-refractivity contribution >= 4 is 5.91 Å². The Bertz CT molecular complexity index is 578. The van der Waals surface area contributed by atoms with Gasteiger partial charge >= 0.3 is 0 Å². The van der Waals surface area contributed by atoms with Crippen LogP contribution in [0.5, 0.6) is 11.5 Å². The number of benzene rings is 2. The first-order chi connectivity index (χ1) is 10.2. The highest BCUT2D eigenvalue weighted by Crippen LogP contribution is 2.24. The predicted molar refractivity (Wildman–Crippen MR) is 78.5 cm³/mol. The Morgan fingerprint density at radius 1 is 1.00 bits per heavy atom. The second-order valence-electron chi connectivity index (χ2n) is 4.39. The maximum atomic E-state index is 10.8. The molecule has 2 N–H and O–H groups in total. The normalized spacial score (nSPS) is 10.0. The van der Waals surface area contributed by atoms with Crippen LogP contribution in [-0.2, 0) is 4.79 Å². The van der Waals surface area contributed by atoms with Crippen LogP contribution in [0.15, 0.2) is 48.5 Å². The summed E-state index contributed by atoms with van der Waals surface area (Å²) in [7, 11) is 1.64. The molecule has 2 aromatic rings.